The van der Waals surface area contributed by atoms with Gasteiger partial charge in [0.15, 0.2) is 0 Å². The highest BCUT2D eigenvalue weighted by Crippen LogP contribution is 2.42. The van der Waals surface area contributed by atoms with Gasteiger partial charge in [-0.15, -0.1) is 0 Å². The Balaban J connectivity index is 2.44. The molecular weight excluding hydrogens is 144 g/mol. The molecule has 62 valence electrons. The Bertz CT molecular complexity index is 306. The van der Waals surface area contributed by atoms with E-state index in [0.717, 1.165) is 5.92 Å². The maximum Gasteiger partial charge on any atom is -0.0156 e. The zero-order valence-electron chi connectivity index (χ0n) is 7.51. The molecule has 0 heterocycles. The third-order valence-corrected chi connectivity index (χ3v) is 2.48. The van der Waals surface area contributed by atoms with Crippen LogP contribution in [0.4, 0.5) is 0 Å². The van der Waals surface area contributed by atoms with Gasteiger partial charge in [0.2, 0.25) is 0 Å². The maximum absolute atomic E-state index is 3.84. The van der Waals surface area contributed by atoms with E-state index in [1.54, 1.807) is 0 Å². The van der Waals surface area contributed by atoms with Crippen LogP contribution in [0.5, 0.6) is 0 Å². The van der Waals surface area contributed by atoms with Crippen LogP contribution < -0.4 is 0 Å². The molecule has 1 aromatic rings. The smallest absolute Gasteiger partial charge is 0.0156 e. The number of benzene rings is 1. The molecule has 1 saturated carbocycles. The van der Waals surface area contributed by atoms with E-state index in [9.17, 15) is 0 Å². The summed E-state index contributed by atoms with van der Waals surface area (Å²) in [6.07, 6.45) is 4.70. The van der Waals surface area contributed by atoms with Crippen molar-refractivity contribution < 1.29 is 0 Å². The first kappa shape index (κ1) is 7.60. The molecule has 1 aliphatic carbocycles. The summed E-state index contributed by atoms with van der Waals surface area (Å²) in [6.45, 7) is 5.97. The predicted octanol–water partition coefficient (Wildman–Crippen LogP) is 3.52. The zero-order valence-corrected chi connectivity index (χ0v) is 7.51. The largest absolute Gasteiger partial charge is 0.0985 e. The van der Waals surface area contributed by atoms with Crippen molar-refractivity contribution in [1.82, 2.24) is 0 Å². The van der Waals surface area contributed by atoms with Gasteiger partial charge in [-0.25, -0.2) is 0 Å². The van der Waals surface area contributed by atoms with E-state index >= 15 is 0 Å². The standard InChI is InChI=1S/C12H14/c1-3-10-8-9(2)4-7-12(10)11-5-6-11/h3-4,7-8,11H,1,5-6H2,2H3. The zero-order chi connectivity index (χ0) is 8.55. The minimum Gasteiger partial charge on any atom is -0.0985 e. The molecule has 0 aliphatic heterocycles. The van der Waals surface area contributed by atoms with Gasteiger partial charge >= 0.3 is 0 Å². The summed E-state index contributed by atoms with van der Waals surface area (Å²) in [5.74, 6) is 0.832. The van der Waals surface area contributed by atoms with E-state index in [1.807, 2.05) is 6.08 Å². The van der Waals surface area contributed by atoms with Gasteiger partial charge in [-0.05, 0) is 36.8 Å². The molecule has 0 spiro atoms. The van der Waals surface area contributed by atoms with Gasteiger partial charge in [0.1, 0.15) is 0 Å². The van der Waals surface area contributed by atoms with Crippen molar-refractivity contribution in [2.45, 2.75) is 25.7 Å². The number of aryl methyl sites for hydroxylation is 1. The fraction of sp³-hybridized carbons (Fsp3) is 0.333. The summed E-state index contributed by atoms with van der Waals surface area (Å²) in [4.78, 5) is 0. The lowest BCUT2D eigenvalue weighted by Gasteiger charge is -2.04. The summed E-state index contributed by atoms with van der Waals surface area (Å²) >= 11 is 0. The Morgan fingerprint density at radius 1 is 1.42 bits per heavy atom. The van der Waals surface area contributed by atoms with Crippen molar-refractivity contribution in [2.75, 3.05) is 0 Å². The van der Waals surface area contributed by atoms with E-state index in [0.29, 0.717) is 0 Å². The van der Waals surface area contributed by atoms with E-state index < -0.39 is 0 Å². The van der Waals surface area contributed by atoms with Gasteiger partial charge in [0.25, 0.3) is 0 Å². The van der Waals surface area contributed by atoms with Crippen LogP contribution in [0.25, 0.3) is 6.08 Å². The molecule has 0 unspecified atom stereocenters. The Morgan fingerprint density at radius 3 is 2.75 bits per heavy atom. The average molecular weight is 158 g/mol. The first-order chi connectivity index (χ1) is 5.81. The van der Waals surface area contributed by atoms with Crippen LogP contribution in [0.15, 0.2) is 24.8 Å². The normalized spacial score (nSPS) is 16.1. The second-order valence-corrected chi connectivity index (χ2v) is 3.61. The molecule has 1 aliphatic rings. The quantitative estimate of drug-likeness (QED) is 0.617. The third kappa shape index (κ3) is 1.29. The monoisotopic (exact) mass is 158 g/mol. The Morgan fingerprint density at radius 2 is 2.17 bits per heavy atom. The fourth-order valence-corrected chi connectivity index (χ4v) is 1.64. The van der Waals surface area contributed by atoms with Crippen molar-refractivity contribution in [3.8, 4) is 0 Å². The fourth-order valence-electron chi connectivity index (χ4n) is 1.64. The molecule has 0 atom stereocenters. The summed E-state index contributed by atoms with van der Waals surface area (Å²) in [5, 5.41) is 0. The molecule has 12 heavy (non-hydrogen) atoms. The van der Waals surface area contributed by atoms with Gasteiger partial charge in [0.05, 0.1) is 0 Å². The summed E-state index contributed by atoms with van der Waals surface area (Å²) in [6, 6.07) is 6.67. The summed E-state index contributed by atoms with van der Waals surface area (Å²) in [5.41, 5.74) is 4.16. The van der Waals surface area contributed by atoms with E-state index in [1.165, 1.54) is 29.5 Å². The Hall–Kier alpha value is -1.04. The molecular formula is C12H14. The summed E-state index contributed by atoms with van der Waals surface area (Å²) < 4.78 is 0. The molecule has 0 saturated heterocycles. The van der Waals surface area contributed by atoms with Crippen LogP contribution in [0, 0.1) is 6.92 Å². The van der Waals surface area contributed by atoms with Gasteiger partial charge in [0, 0.05) is 0 Å². The van der Waals surface area contributed by atoms with Crippen LogP contribution in [-0.2, 0) is 0 Å². The molecule has 0 nitrogen and oxygen atoms in total. The number of hydrogen-bond acceptors (Lipinski definition) is 0. The highest BCUT2D eigenvalue weighted by Gasteiger charge is 2.24. The predicted molar refractivity (Wildman–Crippen MR) is 53.2 cm³/mol. The first-order valence-electron chi connectivity index (χ1n) is 4.54. The van der Waals surface area contributed by atoms with Crippen molar-refractivity contribution in [3.63, 3.8) is 0 Å². The van der Waals surface area contributed by atoms with Crippen LogP contribution in [0.1, 0.15) is 35.4 Å². The Labute approximate surface area is 73.9 Å². The van der Waals surface area contributed by atoms with Crippen LogP contribution in [0.2, 0.25) is 0 Å². The molecule has 1 aromatic carbocycles. The molecule has 0 heteroatoms. The Kier molecular flexibility index (Phi) is 1.76. The average Bonchev–Trinajstić information content (AvgIpc) is 2.87. The second-order valence-electron chi connectivity index (χ2n) is 3.61. The molecule has 0 aromatic heterocycles. The van der Waals surface area contributed by atoms with Crippen molar-refractivity contribution in [1.29, 1.82) is 0 Å². The third-order valence-electron chi connectivity index (χ3n) is 2.48. The van der Waals surface area contributed by atoms with E-state index in [4.69, 9.17) is 0 Å². The number of hydrogen-bond donors (Lipinski definition) is 0. The lowest BCUT2D eigenvalue weighted by molar-refractivity contribution is 1.12. The maximum atomic E-state index is 3.84. The molecule has 0 bridgehead atoms. The van der Waals surface area contributed by atoms with Crippen molar-refractivity contribution >= 4 is 6.08 Å². The molecule has 0 N–H and O–H groups in total. The van der Waals surface area contributed by atoms with E-state index in [2.05, 4.69) is 31.7 Å². The highest BCUT2D eigenvalue weighted by atomic mass is 14.3. The molecule has 1 fully saturated rings. The minimum absolute atomic E-state index is 0.832. The molecule has 0 radical (unpaired) electrons. The first-order valence-corrected chi connectivity index (χ1v) is 4.54. The van der Waals surface area contributed by atoms with Crippen LogP contribution in [0.3, 0.4) is 0 Å². The second kappa shape index (κ2) is 2.78. The van der Waals surface area contributed by atoms with Crippen LogP contribution in [-0.4, -0.2) is 0 Å². The van der Waals surface area contributed by atoms with Gasteiger partial charge in [-0.2, -0.15) is 0 Å². The topological polar surface area (TPSA) is 0 Å². The SMILES string of the molecule is C=Cc1cc(C)ccc1C1CC1. The number of rotatable bonds is 2. The van der Waals surface area contributed by atoms with Gasteiger partial charge in [-0.1, -0.05) is 36.4 Å². The van der Waals surface area contributed by atoms with Crippen molar-refractivity contribution in [3.05, 3.63) is 41.5 Å². The van der Waals surface area contributed by atoms with Crippen LogP contribution >= 0.6 is 0 Å². The highest BCUT2D eigenvalue weighted by molar-refractivity contribution is 5.55. The minimum atomic E-state index is 0.832. The van der Waals surface area contributed by atoms with Gasteiger partial charge < -0.3 is 0 Å². The molecule has 0 amide bonds. The van der Waals surface area contributed by atoms with E-state index in [-0.39, 0.29) is 0 Å². The molecule has 2 rings (SSSR count). The van der Waals surface area contributed by atoms with Gasteiger partial charge in [-0.3, -0.25) is 0 Å². The lowest BCUT2D eigenvalue weighted by atomic mass is 10.0. The summed E-state index contributed by atoms with van der Waals surface area (Å²) in [7, 11) is 0. The lowest BCUT2D eigenvalue weighted by Crippen LogP contribution is -1.86. The van der Waals surface area contributed by atoms with Crippen molar-refractivity contribution in [2.24, 2.45) is 0 Å².